The summed E-state index contributed by atoms with van der Waals surface area (Å²) in [6, 6.07) is 41.9. The van der Waals surface area contributed by atoms with Crippen molar-refractivity contribution in [3.8, 4) is 11.1 Å². The number of allylic oxidation sites excluding steroid dienone is 1. The van der Waals surface area contributed by atoms with E-state index in [-0.39, 0.29) is 11.0 Å². The Bertz CT molecular complexity index is 2320. The molecule has 2 aliphatic carbocycles. The molecule has 50 heavy (non-hydrogen) atoms. The van der Waals surface area contributed by atoms with Crippen molar-refractivity contribution in [2.45, 2.75) is 90.1 Å². The molecule has 0 fully saturated rings. The minimum atomic E-state index is -0.0835. The lowest BCUT2D eigenvalue weighted by molar-refractivity contribution is 0.447. The lowest BCUT2D eigenvalue weighted by Crippen LogP contribution is -2.44. The largest absolute Gasteiger partial charge is 0.341 e. The second-order valence-electron chi connectivity index (χ2n) is 16.2. The van der Waals surface area contributed by atoms with Crippen molar-refractivity contribution in [2.75, 3.05) is 9.80 Å². The van der Waals surface area contributed by atoms with Crippen LogP contribution in [-0.2, 0) is 18.3 Å². The molecule has 0 aromatic heterocycles. The summed E-state index contributed by atoms with van der Waals surface area (Å²) in [4.78, 5) is 5.24. The normalized spacial score (nSPS) is 19.9. The first-order valence-corrected chi connectivity index (χ1v) is 18.7. The molecule has 250 valence electrons. The Morgan fingerprint density at radius 2 is 1.28 bits per heavy atom. The number of fused-ring (bicyclic) bond motifs is 6. The molecule has 2 heterocycles. The Kier molecular flexibility index (Phi) is 7.25. The molecule has 0 amide bonds. The van der Waals surface area contributed by atoms with Crippen LogP contribution in [0.4, 0.5) is 17.1 Å². The SMILES string of the molecule is CC1CCc2ccccc2N1C1=c2ccccc2=C(/C=C/c2ccc3c(c2)C(C)(C)c2cc(N4c5ccccc5CCC4(C)C)ccc2-3)CC1. The number of nitrogens with zero attached hydrogens (tertiary/aromatic N) is 2. The van der Waals surface area contributed by atoms with Crippen molar-refractivity contribution in [2.24, 2.45) is 0 Å². The standard InChI is InChI=1S/C48H48N2/c1-32-18-21-35-12-6-10-16-44(35)49(32)46-27-23-34(38-14-8-9-15-41(38)46)22-19-33-20-25-39-40-26-24-37(31-43(40)48(4,5)42(39)30-33)50-45-17-11-7-13-36(45)28-29-47(50,2)3/h6-17,19-20,22,24-26,30-32H,18,21,23,27-29H2,1-5H3/b22-19+. The second kappa shape index (κ2) is 11.6. The minimum absolute atomic E-state index is 0.0561. The first kappa shape index (κ1) is 31.2. The number of para-hydroxylation sites is 2. The molecule has 2 nitrogen and oxygen atoms in total. The fourth-order valence-corrected chi connectivity index (χ4v) is 9.55. The van der Waals surface area contributed by atoms with Crippen molar-refractivity contribution in [1.29, 1.82) is 0 Å². The number of hydrogen-bond donors (Lipinski definition) is 0. The highest BCUT2D eigenvalue weighted by atomic mass is 15.2. The van der Waals surface area contributed by atoms with Gasteiger partial charge in [-0.25, -0.2) is 0 Å². The van der Waals surface area contributed by atoms with Crippen LogP contribution in [-0.4, -0.2) is 11.6 Å². The van der Waals surface area contributed by atoms with Gasteiger partial charge in [-0.1, -0.05) is 111 Å². The number of hydrogen-bond acceptors (Lipinski definition) is 2. The van der Waals surface area contributed by atoms with Gasteiger partial charge in [0.15, 0.2) is 0 Å². The van der Waals surface area contributed by atoms with Crippen molar-refractivity contribution in [3.63, 3.8) is 0 Å². The predicted molar refractivity (Wildman–Crippen MR) is 212 cm³/mol. The number of benzene rings is 5. The molecule has 0 spiro atoms. The molecule has 0 radical (unpaired) electrons. The fraction of sp³-hybridized carbons (Fsp3) is 0.292. The summed E-state index contributed by atoms with van der Waals surface area (Å²) in [5.74, 6) is 0. The van der Waals surface area contributed by atoms with Crippen LogP contribution < -0.4 is 20.2 Å². The van der Waals surface area contributed by atoms with Gasteiger partial charge in [0.05, 0.1) is 0 Å². The minimum Gasteiger partial charge on any atom is -0.341 e. The van der Waals surface area contributed by atoms with E-state index in [0.29, 0.717) is 6.04 Å². The quantitative estimate of drug-likeness (QED) is 0.191. The van der Waals surface area contributed by atoms with Crippen LogP contribution in [0.3, 0.4) is 0 Å². The molecule has 0 saturated heterocycles. The summed E-state index contributed by atoms with van der Waals surface area (Å²) in [6.07, 6.45) is 11.5. The maximum absolute atomic E-state index is 2.65. The summed E-state index contributed by atoms with van der Waals surface area (Å²) >= 11 is 0. The summed E-state index contributed by atoms with van der Waals surface area (Å²) in [5, 5.41) is 2.77. The van der Waals surface area contributed by atoms with Gasteiger partial charge in [-0.3, -0.25) is 0 Å². The zero-order valence-electron chi connectivity index (χ0n) is 30.3. The molecule has 1 atom stereocenters. The summed E-state index contributed by atoms with van der Waals surface area (Å²) in [7, 11) is 0. The van der Waals surface area contributed by atoms with E-state index in [1.165, 1.54) is 84.1 Å². The Morgan fingerprint density at radius 1 is 0.620 bits per heavy atom. The predicted octanol–water partition coefficient (Wildman–Crippen LogP) is 10.5. The Labute approximate surface area is 298 Å². The smallest absolute Gasteiger partial charge is 0.0448 e. The summed E-state index contributed by atoms with van der Waals surface area (Å²) in [6.45, 7) is 12.0. The maximum atomic E-state index is 2.65. The third kappa shape index (κ3) is 4.90. The molecule has 2 heteroatoms. The Morgan fingerprint density at radius 3 is 2.08 bits per heavy atom. The molecular weight excluding hydrogens is 605 g/mol. The third-order valence-corrected chi connectivity index (χ3v) is 12.3. The topological polar surface area (TPSA) is 6.48 Å². The van der Waals surface area contributed by atoms with Gasteiger partial charge in [0.25, 0.3) is 0 Å². The van der Waals surface area contributed by atoms with Gasteiger partial charge < -0.3 is 9.80 Å². The van der Waals surface area contributed by atoms with Crippen LogP contribution in [0.5, 0.6) is 0 Å². The maximum Gasteiger partial charge on any atom is 0.0448 e. The average Bonchev–Trinajstić information content (AvgIpc) is 3.35. The zero-order chi connectivity index (χ0) is 34.2. The van der Waals surface area contributed by atoms with Crippen LogP contribution in [0.15, 0.2) is 115 Å². The van der Waals surface area contributed by atoms with Crippen LogP contribution >= 0.6 is 0 Å². The molecule has 4 aliphatic rings. The third-order valence-electron chi connectivity index (χ3n) is 12.3. The second-order valence-corrected chi connectivity index (χ2v) is 16.2. The summed E-state index contributed by atoms with van der Waals surface area (Å²) < 4.78 is 0. The molecule has 0 saturated carbocycles. The van der Waals surface area contributed by atoms with Gasteiger partial charge in [-0.2, -0.15) is 0 Å². The lowest BCUT2D eigenvalue weighted by atomic mass is 9.81. The molecule has 1 unspecified atom stereocenters. The number of aryl methyl sites for hydroxylation is 2. The number of anilines is 3. The van der Waals surface area contributed by atoms with Gasteiger partial charge in [0, 0.05) is 45.0 Å². The van der Waals surface area contributed by atoms with E-state index in [2.05, 4.69) is 166 Å². The monoisotopic (exact) mass is 652 g/mol. The Balaban J connectivity index is 1.07. The molecule has 9 rings (SSSR count). The van der Waals surface area contributed by atoms with E-state index < -0.39 is 0 Å². The molecule has 0 bridgehead atoms. The van der Waals surface area contributed by atoms with E-state index in [9.17, 15) is 0 Å². The van der Waals surface area contributed by atoms with Crippen molar-refractivity contribution in [3.05, 3.63) is 154 Å². The molecular formula is C48H48N2. The van der Waals surface area contributed by atoms with Gasteiger partial charge in [-0.05, 0) is 133 Å². The van der Waals surface area contributed by atoms with Gasteiger partial charge in [0.1, 0.15) is 0 Å². The first-order chi connectivity index (χ1) is 24.2. The fourth-order valence-electron chi connectivity index (χ4n) is 9.55. The summed E-state index contributed by atoms with van der Waals surface area (Å²) in [5.41, 5.74) is 16.7. The van der Waals surface area contributed by atoms with Crippen LogP contribution in [0, 0.1) is 0 Å². The first-order valence-electron chi connectivity index (χ1n) is 18.7. The molecule has 5 aromatic carbocycles. The molecule has 2 aliphatic heterocycles. The van der Waals surface area contributed by atoms with E-state index in [4.69, 9.17) is 0 Å². The molecule has 0 N–H and O–H groups in total. The lowest BCUT2D eigenvalue weighted by Gasteiger charge is -2.45. The van der Waals surface area contributed by atoms with Crippen LogP contribution in [0.1, 0.15) is 88.1 Å². The molecule has 5 aromatic rings. The van der Waals surface area contributed by atoms with Gasteiger partial charge >= 0.3 is 0 Å². The van der Waals surface area contributed by atoms with Crippen LogP contribution in [0.25, 0.3) is 28.5 Å². The van der Waals surface area contributed by atoms with Gasteiger partial charge in [-0.15, -0.1) is 0 Å². The highest BCUT2D eigenvalue weighted by molar-refractivity contribution is 5.85. The van der Waals surface area contributed by atoms with Crippen molar-refractivity contribution < 1.29 is 0 Å². The van der Waals surface area contributed by atoms with Crippen LogP contribution in [0.2, 0.25) is 0 Å². The van der Waals surface area contributed by atoms with Crippen molar-refractivity contribution >= 4 is 34.4 Å². The zero-order valence-corrected chi connectivity index (χ0v) is 30.3. The average molecular weight is 653 g/mol. The van der Waals surface area contributed by atoms with E-state index in [1.807, 2.05) is 0 Å². The van der Waals surface area contributed by atoms with E-state index >= 15 is 0 Å². The van der Waals surface area contributed by atoms with Gasteiger partial charge in [0.2, 0.25) is 0 Å². The number of rotatable bonds is 4. The van der Waals surface area contributed by atoms with Crippen molar-refractivity contribution in [1.82, 2.24) is 0 Å². The Hall–Kier alpha value is -4.82. The van der Waals surface area contributed by atoms with E-state index in [1.54, 1.807) is 0 Å². The highest BCUT2D eigenvalue weighted by Gasteiger charge is 2.38. The van der Waals surface area contributed by atoms with E-state index in [0.717, 1.165) is 32.1 Å². The highest BCUT2D eigenvalue weighted by Crippen LogP contribution is 2.52.